The average Bonchev–Trinajstić information content (AvgIpc) is 2.90. The number of nitrogens with zero attached hydrogens (tertiary/aromatic N) is 2. The van der Waals surface area contributed by atoms with Gasteiger partial charge in [0.05, 0.1) is 22.5 Å². The van der Waals surface area contributed by atoms with Crippen LogP contribution in [-0.4, -0.2) is 18.2 Å². The van der Waals surface area contributed by atoms with Gasteiger partial charge in [-0.2, -0.15) is 5.10 Å². The first kappa shape index (κ1) is 16.3. The average molecular weight is 341 g/mol. The summed E-state index contributed by atoms with van der Waals surface area (Å²) in [6, 6.07) is 15.0. The Labute approximate surface area is 142 Å². The van der Waals surface area contributed by atoms with Gasteiger partial charge in [-0.05, 0) is 31.0 Å². The molecule has 3 rings (SSSR count). The third kappa shape index (κ3) is 3.05. The molecule has 0 fully saturated rings. The Balaban J connectivity index is 2.05. The van der Waals surface area contributed by atoms with E-state index in [1.54, 1.807) is 24.7 Å². The van der Waals surface area contributed by atoms with Crippen molar-refractivity contribution in [2.75, 3.05) is 4.72 Å². The summed E-state index contributed by atoms with van der Waals surface area (Å²) in [4.78, 5) is 0.283. The van der Waals surface area contributed by atoms with E-state index in [2.05, 4.69) is 9.82 Å². The molecule has 0 spiro atoms. The minimum atomic E-state index is -3.69. The molecular weight excluding hydrogens is 322 g/mol. The lowest BCUT2D eigenvalue weighted by atomic mass is 10.1. The maximum Gasteiger partial charge on any atom is 0.262 e. The van der Waals surface area contributed by atoms with Crippen molar-refractivity contribution in [2.24, 2.45) is 7.05 Å². The Morgan fingerprint density at radius 3 is 2.46 bits per heavy atom. The molecule has 0 saturated heterocycles. The van der Waals surface area contributed by atoms with Crippen LogP contribution in [0.1, 0.15) is 11.1 Å². The summed E-state index contributed by atoms with van der Waals surface area (Å²) in [7, 11) is -1.90. The molecule has 124 valence electrons. The van der Waals surface area contributed by atoms with Crippen LogP contribution in [0.4, 0.5) is 5.69 Å². The van der Waals surface area contributed by atoms with Crippen molar-refractivity contribution in [1.82, 2.24) is 9.78 Å². The molecule has 0 atom stereocenters. The summed E-state index contributed by atoms with van der Waals surface area (Å²) in [5.41, 5.74) is 3.69. The van der Waals surface area contributed by atoms with Gasteiger partial charge in [0.2, 0.25) is 0 Å². The van der Waals surface area contributed by atoms with E-state index in [1.807, 2.05) is 49.4 Å². The molecule has 3 aromatic rings. The number of hydrogen-bond acceptors (Lipinski definition) is 3. The zero-order valence-electron chi connectivity index (χ0n) is 13.8. The van der Waals surface area contributed by atoms with Crippen molar-refractivity contribution in [3.05, 3.63) is 65.9 Å². The molecule has 0 radical (unpaired) electrons. The third-order valence-electron chi connectivity index (χ3n) is 3.86. The van der Waals surface area contributed by atoms with E-state index in [0.29, 0.717) is 11.3 Å². The number of aryl methyl sites for hydroxylation is 3. The normalized spacial score (nSPS) is 11.5. The summed E-state index contributed by atoms with van der Waals surface area (Å²) in [6.07, 6.45) is 1.53. The standard InChI is InChI=1S/C18H19N3O2S/c1-13-9-10-14(2)17(11-13)24(22,23)20-16-12-19-21(3)18(16)15-7-5-4-6-8-15/h4-12,20H,1-3H3. The maximum atomic E-state index is 12.8. The Morgan fingerprint density at radius 1 is 1.04 bits per heavy atom. The summed E-state index contributed by atoms with van der Waals surface area (Å²) in [5, 5.41) is 4.20. The van der Waals surface area contributed by atoms with Gasteiger partial charge in [-0.15, -0.1) is 0 Å². The lowest BCUT2D eigenvalue weighted by Gasteiger charge is -2.12. The summed E-state index contributed by atoms with van der Waals surface area (Å²) in [5.74, 6) is 0. The molecule has 0 bridgehead atoms. The van der Waals surface area contributed by atoms with Crippen LogP contribution in [0.5, 0.6) is 0 Å². The second kappa shape index (κ2) is 6.13. The first-order valence-corrected chi connectivity index (χ1v) is 9.04. The van der Waals surface area contributed by atoms with E-state index < -0.39 is 10.0 Å². The molecule has 2 aromatic carbocycles. The number of aromatic nitrogens is 2. The first-order valence-electron chi connectivity index (χ1n) is 7.56. The zero-order chi connectivity index (χ0) is 17.3. The van der Waals surface area contributed by atoms with Crippen molar-refractivity contribution in [3.63, 3.8) is 0 Å². The second-order valence-corrected chi connectivity index (χ2v) is 7.42. The quantitative estimate of drug-likeness (QED) is 0.790. The zero-order valence-corrected chi connectivity index (χ0v) is 14.6. The minimum absolute atomic E-state index is 0.283. The second-order valence-electron chi connectivity index (χ2n) is 5.77. The number of benzene rings is 2. The van der Waals surface area contributed by atoms with Gasteiger partial charge in [0.1, 0.15) is 0 Å². The van der Waals surface area contributed by atoms with Crippen LogP contribution in [0, 0.1) is 13.8 Å². The number of rotatable bonds is 4. The fourth-order valence-electron chi connectivity index (χ4n) is 2.65. The molecule has 1 heterocycles. The van der Waals surface area contributed by atoms with Crippen molar-refractivity contribution in [3.8, 4) is 11.3 Å². The Morgan fingerprint density at radius 2 is 1.75 bits per heavy atom. The van der Waals surface area contributed by atoms with E-state index >= 15 is 0 Å². The molecule has 0 aliphatic heterocycles. The van der Waals surface area contributed by atoms with Gasteiger partial charge in [-0.25, -0.2) is 8.42 Å². The summed E-state index contributed by atoms with van der Waals surface area (Å²) in [6.45, 7) is 3.66. The molecule has 24 heavy (non-hydrogen) atoms. The van der Waals surface area contributed by atoms with Gasteiger partial charge in [0.25, 0.3) is 10.0 Å². The molecular formula is C18H19N3O2S. The molecule has 0 amide bonds. The molecule has 0 saturated carbocycles. The Bertz CT molecular complexity index is 977. The third-order valence-corrected chi connectivity index (χ3v) is 5.37. The van der Waals surface area contributed by atoms with Gasteiger partial charge in [-0.1, -0.05) is 42.5 Å². The first-order chi connectivity index (χ1) is 11.4. The van der Waals surface area contributed by atoms with E-state index in [4.69, 9.17) is 0 Å². The highest BCUT2D eigenvalue weighted by atomic mass is 32.2. The van der Waals surface area contributed by atoms with Crippen molar-refractivity contribution in [2.45, 2.75) is 18.7 Å². The minimum Gasteiger partial charge on any atom is -0.276 e. The monoisotopic (exact) mass is 341 g/mol. The molecule has 6 heteroatoms. The highest BCUT2D eigenvalue weighted by Crippen LogP contribution is 2.29. The maximum absolute atomic E-state index is 12.8. The van der Waals surface area contributed by atoms with Gasteiger partial charge < -0.3 is 0 Å². The molecule has 0 aliphatic carbocycles. The predicted molar refractivity (Wildman–Crippen MR) is 95.4 cm³/mol. The largest absolute Gasteiger partial charge is 0.276 e. The number of anilines is 1. The van der Waals surface area contributed by atoms with Crippen LogP contribution in [0.25, 0.3) is 11.3 Å². The predicted octanol–water partition coefficient (Wildman–Crippen LogP) is 3.50. The smallest absolute Gasteiger partial charge is 0.262 e. The van der Waals surface area contributed by atoms with Crippen LogP contribution in [0.3, 0.4) is 0 Å². The van der Waals surface area contributed by atoms with Gasteiger partial charge in [0.15, 0.2) is 0 Å². The van der Waals surface area contributed by atoms with E-state index in [1.165, 1.54) is 6.20 Å². The van der Waals surface area contributed by atoms with Crippen LogP contribution in [0.2, 0.25) is 0 Å². The lowest BCUT2D eigenvalue weighted by molar-refractivity contribution is 0.600. The summed E-state index contributed by atoms with van der Waals surface area (Å²) < 4.78 is 30.0. The molecule has 1 N–H and O–H groups in total. The highest BCUT2D eigenvalue weighted by molar-refractivity contribution is 7.92. The van der Waals surface area contributed by atoms with E-state index in [0.717, 1.165) is 16.8 Å². The number of hydrogen-bond donors (Lipinski definition) is 1. The van der Waals surface area contributed by atoms with Crippen LogP contribution in [-0.2, 0) is 17.1 Å². The van der Waals surface area contributed by atoms with Gasteiger partial charge >= 0.3 is 0 Å². The van der Waals surface area contributed by atoms with E-state index in [-0.39, 0.29) is 4.90 Å². The van der Waals surface area contributed by atoms with Crippen molar-refractivity contribution in [1.29, 1.82) is 0 Å². The molecule has 1 aromatic heterocycles. The van der Waals surface area contributed by atoms with Gasteiger partial charge in [-0.3, -0.25) is 9.40 Å². The Hall–Kier alpha value is -2.60. The van der Waals surface area contributed by atoms with Crippen LogP contribution >= 0.6 is 0 Å². The van der Waals surface area contributed by atoms with Gasteiger partial charge in [0, 0.05) is 12.6 Å². The van der Waals surface area contributed by atoms with Crippen LogP contribution < -0.4 is 4.72 Å². The fraction of sp³-hybridized carbons (Fsp3) is 0.167. The van der Waals surface area contributed by atoms with Crippen molar-refractivity contribution >= 4 is 15.7 Å². The molecule has 5 nitrogen and oxygen atoms in total. The SMILES string of the molecule is Cc1ccc(C)c(S(=O)(=O)Nc2cnn(C)c2-c2ccccc2)c1. The van der Waals surface area contributed by atoms with E-state index in [9.17, 15) is 8.42 Å². The number of sulfonamides is 1. The van der Waals surface area contributed by atoms with Crippen molar-refractivity contribution < 1.29 is 8.42 Å². The molecule has 0 aliphatic rings. The summed E-state index contributed by atoms with van der Waals surface area (Å²) >= 11 is 0. The van der Waals surface area contributed by atoms with Crippen LogP contribution in [0.15, 0.2) is 59.6 Å². The number of nitrogens with one attached hydrogen (secondary N) is 1. The fourth-order valence-corrected chi connectivity index (χ4v) is 4.03. The topological polar surface area (TPSA) is 64.0 Å². The molecule has 0 unspecified atom stereocenters. The highest BCUT2D eigenvalue weighted by Gasteiger charge is 2.21. The lowest BCUT2D eigenvalue weighted by Crippen LogP contribution is -2.15. The Kier molecular flexibility index (Phi) is 4.15.